The molecule has 2 amide bonds. The van der Waals surface area contributed by atoms with Crippen LogP contribution in [0.5, 0.6) is 17.2 Å². The van der Waals surface area contributed by atoms with Crippen LogP contribution in [0.3, 0.4) is 0 Å². The third-order valence-corrected chi connectivity index (χ3v) is 7.44. The van der Waals surface area contributed by atoms with Crippen molar-refractivity contribution in [3.8, 4) is 17.2 Å². The zero-order valence-corrected chi connectivity index (χ0v) is 24.2. The van der Waals surface area contributed by atoms with E-state index in [9.17, 15) is 9.59 Å². The van der Waals surface area contributed by atoms with Gasteiger partial charge in [-0.05, 0) is 42.3 Å². The molecule has 1 atom stereocenters. The Kier molecular flexibility index (Phi) is 9.11. The van der Waals surface area contributed by atoms with Crippen molar-refractivity contribution in [2.45, 2.75) is 25.9 Å². The number of methoxy groups -OCH3 is 2. The average molecular weight is 573 g/mol. The van der Waals surface area contributed by atoms with Crippen molar-refractivity contribution in [1.82, 2.24) is 19.2 Å². The van der Waals surface area contributed by atoms with Crippen LogP contribution in [0.4, 0.5) is 4.79 Å². The van der Waals surface area contributed by atoms with Crippen LogP contribution >= 0.6 is 0 Å². The summed E-state index contributed by atoms with van der Waals surface area (Å²) in [6, 6.07) is 19.4. The lowest BCUT2D eigenvalue weighted by Gasteiger charge is -2.34. The third kappa shape index (κ3) is 6.43. The molecule has 1 saturated heterocycles. The van der Waals surface area contributed by atoms with Crippen LogP contribution in [0.1, 0.15) is 36.1 Å². The number of aromatic nitrogens is 2. The minimum Gasteiger partial charge on any atom is -0.497 e. The third-order valence-electron chi connectivity index (χ3n) is 7.44. The average Bonchev–Trinajstić information content (AvgIpc) is 3.47. The van der Waals surface area contributed by atoms with Crippen LogP contribution < -0.4 is 14.2 Å². The van der Waals surface area contributed by atoms with Gasteiger partial charge in [0.2, 0.25) is 5.91 Å². The van der Waals surface area contributed by atoms with Crippen molar-refractivity contribution in [1.29, 1.82) is 0 Å². The fraction of sp³-hybridized carbons (Fsp3) is 0.344. The first-order valence-corrected chi connectivity index (χ1v) is 14.1. The molecule has 220 valence electrons. The smallest absolute Gasteiger partial charge is 0.409 e. The van der Waals surface area contributed by atoms with Gasteiger partial charge in [0.1, 0.15) is 18.1 Å². The van der Waals surface area contributed by atoms with Crippen molar-refractivity contribution in [2.24, 2.45) is 0 Å². The second-order valence-electron chi connectivity index (χ2n) is 9.99. The minimum absolute atomic E-state index is 0.0169. The van der Waals surface area contributed by atoms with E-state index in [1.165, 1.54) is 0 Å². The zero-order chi connectivity index (χ0) is 29.5. The van der Waals surface area contributed by atoms with Gasteiger partial charge in [0.05, 0.1) is 26.5 Å². The molecule has 3 heterocycles. The van der Waals surface area contributed by atoms with E-state index in [4.69, 9.17) is 23.9 Å². The van der Waals surface area contributed by atoms with Crippen molar-refractivity contribution in [3.63, 3.8) is 0 Å². The molecule has 10 nitrogen and oxygen atoms in total. The molecule has 0 N–H and O–H groups in total. The van der Waals surface area contributed by atoms with Gasteiger partial charge in [-0.25, -0.2) is 9.78 Å². The first-order chi connectivity index (χ1) is 20.5. The van der Waals surface area contributed by atoms with Gasteiger partial charge in [-0.3, -0.25) is 4.79 Å². The van der Waals surface area contributed by atoms with Gasteiger partial charge in [0, 0.05) is 57.0 Å². The lowest BCUT2D eigenvalue weighted by Crippen LogP contribution is -2.51. The lowest BCUT2D eigenvalue weighted by atomic mass is 9.91. The summed E-state index contributed by atoms with van der Waals surface area (Å²) in [5.41, 5.74) is 3.42. The molecule has 0 radical (unpaired) electrons. The fourth-order valence-corrected chi connectivity index (χ4v) is 5.19. The molecule has 10 heteroatoms. The number of hydrogen-bond donors (Lipinski definition) is 0. The highest BCUT2D eigenvalue weighted by atomic mass is 16.6. The van der Waals surface area contributed by atoms with Gasteiger partial charge in [0.25, 0.3) is 0 Å². The topological polar surface area (TPSA) is 94.8 Å². The van der Waals surface area contributed by atoms with Crippen molar-refractivity contribution < 1.29 is 28.5 Å². The Balaban J connectivity index is 1.44. The predicted octanol–water partition coefficient (Wildman–Crippen LogP) is 4.75. The molecule has 2 aromatic heterocycles. The van der Waals surface area contributed by atoms with Gasteiger partial charge in [-0.1, -0.05) is 30.3 Å². The van der Waals surface area contributed by atoms with Crippen LogP contribution in [0.15, 0.2) is 73.1 Å². The molecule has 2 aromatic carbocycles. The first kappa shape index (κ1) is 28.8. The monoisotopic (exact) mass is 572 g/mol. The molecule has 42 heavy (non-hydrogen) atoms. The SMILES string of the molecule is CCOC(=O)N1CCN(C(=O)CC(c2cc(OC)cc(OC)c2)c2cnc3c(OCc4ccccc4)cccn23)CC1. The molecule has 1 fully saturated rings. The standard InChI is InChI=1S/C32H36N4O6/c1-4-41-32(38)35-15-13-34(14-16-35)30(37)20-27(24-17-25(39-2)19-26(18-24)40-3)28-21-33-31-29(11-8-12-36(28)31)42-22-23-9-6-5-7-10-23/h5-12,17-19,21,27H,4,13-16,20,22H2,1-3H3. The van der Waals surface area contributed by atoms with Gasteiger partial charge < -0.3 is 33.1 Å². The van der Waals surface area contributed by atoms with E-state index in [-0.39, 0.29) is 24.3 Å². The largest absolute Gasteiger partial charge is 0.497 e. The van der Waals surface area contributed by atoms with Gasteiger partial charge in [0.15, 0.2) is 11.4 Å². The van der Waals surface area contributed by atoms with E-state index < -0.39 is 0 Å². The Morgan fingerprint density at radius 3 is 2.26 bits per heavy atom. The molecule has 4 aromatic rings. The summed E-state index contributed by atoms with van der Waals surface area (Å²) in [5, 5.41) is 0. The summed E-state index contributed by atoms with van der Waals surface area (Å²) >= 11 is 0. The van der Waals surface area contributed by atoms with E-state index >= 15 is 0 Å². The molecular formula is C32H36N4O6. The Bertz CT molecular complexity index is 1490. The second kappa shape index (κ2) is 13.3. The summed E-state index contributed by atoms with van der Waals surface area (Å²) < 4.78 is 24.4. The van der Waals surface area contributed by atoms with Crippen LogP contribution in [-0.2, 0) is 16.1 Å². The van der Waals surface area contributed by atoms with E-state index in [1.54, 1.807) is 43.2 Å². The quantitative estimate of drug-likeness (QED) is 0.271. The molecule has 1 aliphatic heterocycles. The number of carbonyl (C=O) groups is 2. The maximum Gasteiger partial charge on any atom is 0.409 e. The van der Waals surface area contributed by atoms with E-state index in [0.717, 1.165) is 16.8 Å². The summed E-state index contributed by atoms with van der Waals surface area (Å²) in [4.78, 5) is 34.0. The van der Waals surface area contributed by atoms with Crippen molar-refractivity contribution in [3.05, 3.63) is 89.9 Å². The van der Waals surface area contributed by atoms with Gasteiger partial charge in [-0.15, -0.1) is 0 Å². The number of hydrogen-bond acceptors (Lipinski definition) is 7. The molecule has 1 aliphatic rings. The van der Waals surface area contributed by atoms with Crippen molar-refractivity contribution >= 4 is 17.6 Å². The summed E-state index contributed by atoms with van der Waals surface area (Å²) in [6.07, 6.45) is 3.58. The fourth-order valence-electron chi connectivity index (χ4n) is 5.19. The number of amides is 2. The molecule has 0 saturated carbocycles. The number of carbonyl (C=O) groups excluding carboxylic acids is 2. The summed E-state index contributed by atoms with van der Waals surface area (Å²) in [7, 11) is 3.21. The molecule has 1 unspecified atom stereocenters. The highest BCUT2D eigenvalue weighted by Crippen LogP contribution is 2.36. The molecule has 0 spiro atoms. The molecule has 0 aliphatic carbocycles. The number of pyridine rings is 1. The first-order valence-electron chi connectivity index (χ1n) is 14.1. The molecule has 0 bridgehead atoms. The maximum atomic E-state index is 13.7. The van der Waals surface area contributed by atoms with E-state index in [1.807, 2.05) is 65.2 Å². The Labute approximate surface area is 245 Å². The van der Waals surface area contributed by atoms with Crippen LogP contribution in [0.25, 0.3) is 5.65 Å². The van der Waals surface area contributed by atoms with E-state index in [2.05, 4.69) is 0 Å². The highest BCUT2D eigenvalue weighted by molar-refractivity contribution is 5.78. The Morgan fingerprint density at radius 2 is 1.60 bits per heavy atom. The molecule has 5 rings (SSSR count). The Hall–Kier alpha value is -4.73. The lowest BCUT2D eigenvalue weighted by molar-refractivity contribution is -0.133. The van der Waals surface area contributed by atoms with Crippen molar-refractivity contribution in [2.75, 3.05) is 47.0 Å². The summed E-state index contributed by atoms with van der Waals surface area (Å²) in [6.45, 7) is 4.26. The number of nitrogens with zero attached hydrogens (tertiary/aromatic N) is 4. The number of ether oxygens (including phenoxy) is 4. The number of rotatable bonds is 10. The number of imidazole rings is 1. The van der Waals surface area contributed by atoms with Crippen LogP contribution in [0, 0.1) is 0 Å². The number of benzene rings is 2. The zero-order valence-electron chi connectivity index (χ0n) is 24.2. The van der Waals surface area contributed by atoms with E-state index in [0.29, 0.717) is 62.3 Å². The minimum atomic E-state index is -0.357. The second-order valence-corrected chi connectivity index (χ2v) is 9.99. The maximum absolute atomic E-state index is 13.7. The number of fused-ring (bicyclic) bond motifs is 1. The van der Waals surface area contributed by atoms with Crippen LogP contribution in [0.2, 0.25) is 0 Å². The number of piperazine rings is 1. The van der Waals surface area contributed by atoms with Gasteiger partial charge in [-0.2, -0.15) is 0 Å². The predicted molar refractivity (Wildman–Crippen MR) is 157 cm³/mol. The Morgan fingerprint density at radius 1 is 0.905 bits per heavy atom. The molecular weight excluding hydrogens is 536 g/mol. The van der Waals surface area contributed by atoms with Crippen LogP contribution in [-0.4, -0.2) is 78.2 Å². The summed E-state index contributed by atoms with van der Waals surface area (Å²) in [5.74, 6) is 1.53. The van der Waals surface area contributed by atoms with Gasteiger partial charge >= 0.3 is 6.09 Å². The normalized spacial score (nSPS) is 14.0. The highest BCUT2D eigenvalue weighted by Gasteiger charge is 2.29.